The minimum absolute atomic E-state index is 0.0228. The first kappa shape index (κ1) is 24.1. The molecule has 5 nitrogen and oxygen atoms in total. The fourth-order valence-electron chi connectivity index (χ4n) is 4.31. The number of ether oxygens (including phenoxy) is 1. The molecular weight excluding hydrogens is 470 g/mol. The first-order valence-electron chi connectivity index (χ1n) is 12.4. The van der Waals surface area contributed by atoms with Crippen LogP contribution in [0.4, 0.5) is 5.69 Å². The highest BCUT2D eigenvalue weighted by molar-refractivity contribution is 6.30. The molecule has 184 valence electrons. The highest BCUT2D eigenvalue weighted by Crippen LogP contribution is 2.51. The van der Waals surface area contributed by atoms with Crippen molar-refractivity contribution in [2.24, 2.45) is 11.8 Å². The van der Waals surface area contributed by atoms with E-state index in [1.807, 2.05) is 59.3 Å². The quantitative estimate of drug-likeness (QED) is 0.262. The minimum Gasteiger partial charge on any atom is -0.494 e. The van der Waals surface area contributed by atoms with Gasteiger partial charge in [0, 0.05) is 39.9 Å². The van der Waals surface area contributed by atoms with Crippen LogP contribution in [0, 0.1) is 11.8 Å². The SMILES string of the molecule is CC(C)CCOc1ccc(-c2nn(-c3ccccc3)cc2C2CC2C(=O)Nc2ccc(Cl)cc2)cc1. The first-order valence-corrected chi connectivity index (χ1v) is 12.8. The summed E-state index contributed by atoms with van der Waals surface area (Å²) in [5, 5.41) is 8.61. The second-order valence-electron chi connectivity index (χ2n) is 9.71. The van der Waals surface area contributed by atoms with E-state index in [0.29, 0.717) is 17.5 Å². The van der Waals surface area contributed by atoms with E-state index in [9.17, 15) is 4.79 Å². The van der Waals surface area contributed by atoms with Gasteiger partial charge in [0.25, 0.3) is 0 Å². The molecule has 1 N–H and O–H groups in total. The molecule has 0 saturated heterocycles. The van der Waals surface area contributed by atoms with E-state index in [-0.39, 0.29) is 17.7 Å². The third-order valence-electron chi connectivity index (χ3n) is 6.49. The Kier molecular flexibility index (Phi) is 7.10. The van der Waals surface area contributed by atoms with Crippen LogP contribution in [-0.2, 0) is 4.79 Å². The summed E-state index contributed by atoms with van der Waals surface area (Å²) >= 11 is 5.97. The maximum atomic E-state index is 13.0. The number of benzene rings is 3. The zero-order valence-corrected chi connectivity index (χ0v) is 21.3. The normalized spacial score (nSPS) is 16.7. The summed E-state index contributed by atoms with van der Waals surface area (Å²) in [6.45, 7) is 5.09. The number of hydrogen-bond acceptors (Lipinski definition) is 3. The molecule has 3 aromatic carbocycles. The molecule has 1 fully saturated rings. The Morgan fingerprint density at radius 1 is 1.06 bits per heavy atom. The van der Waals surface area contributed by atoms with Gasteiger partial charge < -0.3 is 10.1 Å². The smallest absolute Gasteiger partial charge is 0.228 e. The van der Waals surface area contributed by atoms with Gasteiger partial charge in [0.15, 0.2) is 0 Å². The van der Waals surface area contributed by atoms with Crippen LogP contribution in [0.5, 0.6) is 5.75 Å². The molecule has 1 aromatic heterocycles. The average Bonchev–Trinajstić information content (AvgIpc) is 3.57. The van der Waals surface area contributed by atoms with Crippen LogP contribution in [0.1, 0.15) is 38.2 Å². The van der Waals surface area contributed by atoms with Crippen LogP contribution in [0.15, 0.2) is 85.1 Å². The van der Waals surface area contributed by atoms with Crippen molar-refractivity contribution in [3.8, 4) is 22.7 Å². The summed E-state index contributed by atoms with van der Waals surface area (Å²) in [6, 6.07) is 25.4. The van der Waals surface area contributed by atoms with Gasteiger partial charge in [-0.25, -0.2) is 4.68 Å². The number of amides is 1. The van der Waals surface area contributed by atoms with Crippen LogP contribution >= 0.6 is 11.6 Å². The zero-order chi connectivity index (χ0) is 25.1. The molecule has 1 aliphatic rings. The van der Waals surface area contributed by atoms with E-state index in [2.05, 4.69) is 37.5 Å². The average molecular weight is 500 g/mol. The van der Waals surface area contributed by atoms with Gasteiger partial charge >= 0.3 is 0 Å². The van der Waals surface area contributed by atoms with Gasteiger partial charge in [0.1, 0.15) is 5.75 Å². The van der Waals surface area contributed by atoms with Gasteiger partial charge in [-0.15, -0.1) is 0 Å². The van der Waals surface area contributed by atoms with Crippen molar-refractivity contribution in [2.75, 3.05) is 11.9 Å². The van der Waals surface area contributed by atoms with Gasteiger partial charge in [-0.05, 0) is 79.4 Å². The van der Waals surface area contributed by atoms with Crippen LogP contribution in [0.2, 0.25) is 5.02 Å². The summed E-state index contributed by atoms with van der Waals surface area (Å²) in [4.78, 5) is 13.0. The summed E-state index contributed by atoms with van der Waals surface area (Å²) in [6.07, 6.45) is 3.88. The second kappa shape index (κ2) is 10.6. The third kappa shape index (κ3) is 5.63. The Balaban J connectivity index is 1.38. The van der Waals surface area contributed by atoms with Crippen molar-refractivity contribution in [3.05, 3.63) is 95.6 Å². The van der Waals surface area contributed by atoms with Gasteiger partial charge in [-0.2, -0.15) is 5.10 Å². The Labute approximate surface area is 217 Å². The number of nitrogens with zero attached hydrogens (tertiary/aromatic N) is 2. The number of rotatable bonds is 9. The monoisotopic (exact) mass is 499 g/mol. The summed E-state index contributed by atoms with van der Waals surface area (Å²) in [5.41, 5.74) is 4.74. The number of aromatic nitrogens is 2. The summed E-state index contributed by atoms with van der Waals surface area (Å²) < 4.78 is 7.80. The van der Waals surface area contributed by atoms with Crippen LogP contribution < -0.4 is 10.1 Å². The summed E-state index contributed by atoms with van der Waals surface area (Å²) in [5.74, 6) is 1.51. The molecule has 4 aromatic rings. The zero-order valence-electron chi connectivity index (χ0n) is 20.5. The minimum atomic E-state index is -0.0912. The van der Waals surface area contributed by atoms with Crippen molar-refractivity contribution in [3.63, 3.8) is 0 Å². The number of hydrogen-bond donors (Lipinski definition) is 1. The standard InChI is InChI=1S/C30H30ClN3O2/c1-20(2)16-17-36-25-14-8-21(9-15-25)29-28(19-34(33-29)24-6-4-3-5-7-24)26-18-27(26)30(35)32-23-12-10-22(31)11-13-23/h3-15,19-20,26-27H,16-18H2,1-2H3,(H,32,35). The fourth-order valence-corrected chi connectivity index (χ4v) is 4.44. The van der Waals surface area contributed by atoms with Gasteiger partial charge in [0.05, 0.1) is 18.0 Å². The second-order valence-corrected chi connectivity index (χ2v) is 10.1. The molecule has 5 rings (SSSR count). The van der Waals surface area contributed by atoms with E-state index in [0.717, 1.165) is 46.8 Å². The van der Waals surface area contributed by atoms with Gasteiger partial charge in [-0.1, -0.05) is 43.6 Å². The molecule has 2 atom stereocenters. The van der Waals surface area contributed by atoms with E-state index in [1.54, 1.807) is 12.1 Å². The molecule has 0 radical (unpaired) electrons. The number of anilines is 1. The van der Waals surface area contributed by atoms with Crippen LogP contribution in [-0.4, -0.2) is 22.3 Å². The third-order valence-corrected chi connectivity index (χ3v) is 6.75. The lowest BCUT2D eigenvalue weighted by atomic mass is 10.0. The van der Waals surface area contributed by atoms with E-state index >= 15 is 0 Å². The Morgan fingerprint density at radius 3 is 2.47 bits per heavy atom. The predicted octanol–water partition coefficient (Wildman–Crippen LogP) is 7.36. The van der Waals surface area contributed by atoms with E-state index < -0.39 is 0 Å². The maximum absolute atomic E-state index is 13.0. The van der Waals surface area contributed by atoms with Gasteiger partial charge in [-0.3, -0.25) is 4.79 Å². The summed E-state index contributed by atoms with van der Waals surface area (Å²) in [7, 11) is 0. The number of carbonyl (C=O) groups is 1. The molecule has 0 spiro atoms. The molecule has 36 heavy (non-hydrogen) atoms. The highest BCUT2D eigenvalue weighted by Gasteiger charge is 2.46. The van der Waals surface area contributed by atoms with Crippen molar-refractivity contribution < 1.29 is 9.53 Å². The molecule has 1 saturated carbocycles. The fraction of sp³-hybridized carbons (Fsp3) is 0.267. The molecular formula is C30H30ClN3O2. The lowest BCUT2D eigenvalue weighted by molar-refractivity contribution is -0.117. The molecule has 0 aliphatic heterocycles. The largest absolute Gasteiger partial charge is 0.494 e. The molecule has 1 heterocycles. The number of nitrogens with one attached hydrogen (secondary N) is 1. The topological polar surface area (TPSA) is 56.2 Å². The van der Waals surface area contributed by atoms with Crippen LogP contribution in [0.3, 0.4) is 0 Å². The molecule has 1 amide bonds. The maximum Gasteiger partial charge on any atom is 0.228 e. The predicted molar refractivity (Wildman–Crippen MR) is 145 cm³/mol. The van der Waals surface area contributed by atoms with E-state index in [4.69, 9.17) is 21.4 Å². The number of para-hydroxylation sites is 1. The van der Waals surface area contributed by atoms with Crippen LogP contribution in [0.25, 0.3) is 16.9 Å². The van der Waals surface area contributed by atoms with Crippen molar-refractivity contribution in [1.29, 1.82) is 0 Å². The lowest BCUT2D eigenvalue weighted by Gasteiger charge is -2.09. The highest BCUT2D eigenvalue weighted by atomic mass is 35.5. The molecule has 6 heteroatoms. The van der Waals surface area contributed by atoms with E-state index in [1.165, 1.54) is 0 Å². The van der Waals surface area contributed by atoms with Gasteiger partial charge in [0.2, 0.25) is 5.91 Å². The number of carbonyl (C=O) groups excluding carboxylic acids is 1. The Hall–Kier alpha value is -3.57. The van der Waals surface area contributed by atoms with Crippen molar-refractivity contribution >= 4 is 23.2 Å². The molecule has 0 bridgehead atoms. The Bertz CT molecular complexity index is 1310. The van der Waals surface area contributed by atoms with Crippen molar-refractivity contribution in [2.45, 2.75) is 32.6 Å². The van der Waals surface area contributed by atoms with Crippen molar-refractivity contribution in [1.82, 2.24) is 9.78 Å². The lowest BCUT2D eigenvalue weighted by Crippen LogP contribution is -2.14. The number of halogens is 1. The first-order chi connectivity index (χ1) is 17.5. The molecule has 2 unspecified atom stereocenters. The Morgan fingerprint density at radius 2 is 1.78 bits per heavy atom. The molecule has 1 aliphatic carbocycles.